The number of rotatable bonds is 2. The second-order valence-electron chi connectivity index (χ2n) is 5.09. The third-order valence-electron chi connectivity index (χ3n) is 3.62. The smallest absolute Gasteiger partial charge is 0.255 e. The Hall–Kier alpha value is -2.27. The van der Waals surface area contributed by atoms with Crippen molar-refractivity contribution in [1.29, 1.82) is 0 Å². The van der Waals surface area contributed by atoms with Crippen molar-refractivity contribution in [3.63, 3.8) is 0 Å². The number of fused-ring (bicyclic) bond motifs is 1. The average molecular weight is 288 g/mol. The lowest BCUT2D eigenvalue weighted by Gasteiger charge is -2.10. The van der Waals surface area contributed by atoms with Gasteiger partial charge in [0.05, 0.1) is 0 Å². The zero-order chi connectivity index (χ0) is 15.0. The van der Waals surface area contributed by atoms with Crippen molar-refractivity contribution in [2.24, 2.45) is 0 Å². The van der Waals surface area contributed by atoms with Gasteiger partial charge in [0.2, 0.25) is 0 Å². The Labute approximate surface area is 121 Å². The van der Waals surface area contributed by atoms with E-state index in [0.717, 1.165) is 23.7 Å². The Morgan fingerprint density at radius 2 is 1.90 bits per heavy atom. The van der Waals surface area contributed by atoms with Crippen molar-refractivity contribution in [3.8, 4) is 0 Å². The van der Waals surface area contributed by atoms with Crippen LogP contribution in [0.4, 0.5) is 14.5 Å². The largest absolute Gasteiger partial charge is 0.317 e. The van der Waals surface area contributed by atoms with Gasteiger partial charge in [-0.2, -0.15) is 0 Å². The van der Waals surface area contributed by atoms with Crippen LogP contribution in [0.1, 0.15) is 27.0 Å². The summed E-state index contributed by atoms with van der Waals surface area (Å²) in [7, 11) is 0. The number of carbonyl (C=O) groups excluding carboxylic acids is 1. The molecular formula is C16H14F2N2O. The summed E-state index contributed by atoms with van der Waals surface area (Å²) in [6.45, 7) is 2.99. The van der Waals surface area contributed by atoms with Crippen molar-refractivity contribution in [2.45, 2.75) is 20.0 Å². The summed E-state index contributed by atoms with van der Waals surface area (Å²) >= 11 is 0. The van der Waals surface area contributed by atoms with Crippen LogP contribution in [0.2, 0.25) is 0 Å². The van der Waals surface area contributed by atoms with Crippen LogP contribution in [0, 0.1) is 18.6 Å². The fraction of sp³-hybridized carbons (Fsp3) is 0.188. The molecule has 0 unspecified atom stereocenters. The number of carbonyl (C=O) groups is 1. The first kappa shape index (κ1) is 13.7. The number of halogens is 2. The second kappa shape index (κ2) is 5.26. The van der Waals surface area contributed by atoms with E-state index in [1.54, 1.807) is 12.1 Å². The second-order valence-corrected chi connectivity index (χ2v) is 5.09. The molecule has 0 atom stereocenters. The Morgan fingerprint density at radius 3 is 2.71 bits per heavy atom. The van der Waals surface area contributed by atoms with E-state index in [4.69, 9.17) is 0 Å². The molecule has 3 nitrogen and oxygen atoms in total. The van der Waals surface area contributed by atoms with Gasteiger partial charge in [0.15, 0.2) is 5.82 Å². The first-order valence-electron chi connectivity index (χ1n) is 6.65. The predicted octanol–water partition coefficient (Wildman–Crippen LogP) is 3.13. The molecule has 108 valence electrons. The van der Waals surface area contributed by atoms with Gasteiger partial charge < -0.3 is 10.6 Å². The van der Waals surface area contributed by atoms with Crippen LogP contribution in [0.25, 0.3) is 0 Å². The number of hydrogen-bond donors (Lipinski definition) is 2. The van der Waals surface area contributed by atoms with Crippen molar-refractivity contribution in [2.75, 3.05) is 5.32 Å². The zero-order valence-electron chi connectivity index (χ0n) is 11.5. The highest BCUT2D eigenvalue weighted by Crippen LogP contribution is 2.23. The van der Waals surface area contributed by atoms with Gasteiger partial charge in [0, 0.05) is 18.7 Å². The topological polar surface area (TPSA) is 41.1 Å². The summed E-state index contributed by atoms with van der Waals surface area (Å²) < 4.78 is 27.6. The number of nitrogens with one attached hydrogen (secondary N) is 2. The number of anilines is 1. The van der Waals surface area contributed by atoms with Crippen LogP contribution in [-0.2, 0) is 13.1 Å². The monoisotopic (exact) mass is 288 g/mol. The lowest BCUT2D eigenvalue weighted by atomic mass is 10.1. The molecule has 0 radical (unpaired) electrons. The molecule has 1 amide bonds. The molecule has 2 aromatic rings. The minimum absolute atomic E-state index is 0.282. The van der Waals surface area contributed by atoms with Gasteiger partial charge in [-0.05, 0) is 41.8 Å². The molecule has 21 heavy (non-hydrogen) atoms. The van der Waals surface area contributed by atoms with E-state index >= 15 is 0 Å². The number of amides is 1. The lowest BCUT2D eigenvalue weighted by molar-refractivity contribution is 0.102. The van der Waals surface area contributed by atoms with Crippen molar-refractivity contribution >= 4 is 11.6 Å². The van der Waals surface area contributed by atoms with Crippen molar-refractivity contribution < 1.29 is 13.6 Å². The summed E-state index contributed by atoms with van der Waals surface area (Å²) in [6, 6.07) is 7.73. The first-order valence-corrected chi connectivity index (χ1v) is 6.65. The Kier molecular flexibility index (Phi) is 3.43. The van der Waals surface area contributed by atoms with Crippen LogP contribution >= 0.6 is 0 Å². The molecule has 5 heteroatoms. The molecule has 2 N–H and O–H groups in total. The Balaban J connectivity index is 1.89. The quantitative estimate of drug-likeness (QED) is 0.891. The van der Waals surface area contributed by atoms with Gasteiger partial charge in [-0.3, -0.25) is 4.79 Å². The first-order chi connectivity index (χ1) is 10.1. The van der Waals surface area contributed by atoms with Crippen LogP contribution < -0.4 is 10.6 Å². The summed E-state index contributed by atoms with van der Waals surface area (Å²) in [6.07, 6.45) is 0. The van der Waals surface area contributed by atoms with Crippen LogP contribution in [0.15, 0.2) is 30.3 Å². The van der Waals surface area contributed by atoms with Gasteiger partial charge in [-0.25, -0.2) is 8.78 Å². The van der Waals surface area contributed by atoms with Crippen LogP contribution in [-0.4, -0.2) is 5.91 Å². The van der Waals surface area contributed by atoms with Gasteiger partial charge in [0.25, 0.3) is 5.91 Å². The number of aryl methyl sites for hydroxylation is 1. The minimum atomic E-state index is -0.783. The number of hydrogen-bond acceptors (Lipinski definition) is 2. The fourth-order valence-electron chi connectivity index (χ4n) is 2.39. The molecule has 1 heterocycles. The van der Waals surface area contributed by atoms with Crippen LogP contribution in [0.5, 0.6) is 0 Å². The molecule has 0 saturated heterocycles. The van der Waals surface area contributed by atoms with Crippen LogP contribution in [0.3, 0.4) is 0 Å². The standard InChI is InChI=1S/C16H14F2N2O/c1-9-2-5-13(17)15(14(9)18)20-16(21)10-3-4-11-7-19-8-12(11)6-10/h2-6,19H,7-8H2,1H3,(H,20,21). The zero-order valence-corrected chi connectivity index (χ0v) is 11.5. The molecular weight excluding hydrogens is 274 g/mol. The summed E-state index contributed by atoms with van der Waals surface area (Å²) in [5.74, 6) is -2.05. The molecule has 0 saturated carbocycles. The van der Waals surface area contributed by atoms with Gasteiger partial charge in [0.1, 0.15) is 11.5 Å². The highest BCUT2D eigenvalue weighted by atomic mass is 19.1. The maximum absolute atomic E-state index is 13.9. The maximum Gasteiger partial charge on any atom is 0.255 e. The third-order valence-corrected chi connectivity index (χ3v) is 3.62. The molecule has 0 aromatic heterocycles. The molecule has 2 aromatic carbocycles. The molecule has 0 fully saturated rings. The average Bonchev–Trinajstić information content (AvgIpc) is 2.94. The fourth-order valence-corrected chi connectivity index (χ4v) is 2.39. The van der Waals surface area contributed by atoms with Gasteiger partial charge in [-0.1, -0.05) is 12.1 Å². The highest BCUT2D eigenvalue weighted by molar-refractivity contribution is 6.04. The predicted molar refractivity (Wildman–Crippen MR) is 76.0 cm³/mol. The molecule has 1 aliphatic rings. The Morgan fingerprint density at radius 1 is 1.14 bits per heavy atom. The van der Waals surface area contributed by atoms with E-state index in [9.17, 15) is 13.6 Å². The molecule has 0 bridgehead atoms. The summed E-state index contributed by atoms with van der Waals surface area (Å²) in [4.78, 5) is 12.2. The number of benzene rings is 2. The van der Waals surface area contributed by atoms with Gasteiger partial charge >= 0.3 is 0 Å². The third kappa shape index (κ3) is 2.52. The van der Waals surface area contributed by atoms with E-state index in [1.165, 1.54) is 13.0 Å². The lowest BCUT2D eigenvalue weighted by Crippen LogP contribution is -2.15. The summed E-state index contributed by atoms with van der Waals surface area (Å²) in [5.41, 5.74) is 2.44. The van der Waals surface area contributed by atoms with Gasteiger partial charge in [-0.15, -0.1) is 0 Å². The van der Waals surface area contributed by atoms with E-state index in [0.29, 0.717) is 12.1 Å². The minimum Gasteiger partial charge on any atom is -0.317 e. The van der Waals surface area contributed by atoms with E-state index in [2.05, 4.69) is 10.6 Å². The van der Waals surface area contributed by atoms with Crippen molar-refractivity contribution in [3.05, 3.63) is 64.2 Å². The SMILES string of the molecule is Cc1ccc(F)c(NC(=O)c2ccc3c(c2)CNC3)c1F. The Bertz CT molecular complexity index is 728. The van der Waals surface area contributed by atoms with E-state index < -0.39 is 23.2 Å². The maximum atomic E-state index is 13.9. The normalized spacial score (nSPS) is 13.1. The molecule has 3 rings (SSSR count). The van der Waals surface area contributed by atoms with E-state index in [-0.39, 0.29) is 5.56 Å². The van der Waals surface area contributed by atoms with E-state index in [1.807, 2.05) is 6.07 Å². The summed E-state index contributed by atoms with van der Waals surface area (Å²) in [5, 5.41) is 5.49. The molecule has 0 aliphatic carbocycles. The van der Waals surface area contributed by atoms with Crippen molar-refractivity contribution in [1.82, 2.24) is 5.32 Å². The molecule has 1 aliphatic heterocycles. The highest BCUT2D eigenvalue weighted by Gasteiger charge is 2.17. The molecule has 0 spiro atoms.